The molecule has 1 heterocycles. The number of ether oxygens (including phenoxy) is 1. The van der Waals surface area contributed by atoms with Gasteiger partial charge in [-0.15, -0.1) is 11.3 Å². The Hall–Kier alpha value is -1.88. The highest BCUT2D eigenvalue weighted by atomic mass is 32.1. The number of carboxylic acid groups (broad SMARTS) is 1. The number of benzene rings is 1. The quantitative estimate of drug-likeness (QED) is 0.824. The summed E-state index contributed by atoms with van der Waals surface area (Å²) in [5.41, 5.74) is 2.37. The standard InChI is InChI=1S/C19H23NO3S/c1-13-7-8-17(23-11-14-5-3-2-4-6-14)15(9-13)10-18-20-16(12-24-18)19(21)22/h7-9,12,14H,2-6,10-11H2,1H3,(H,21,22). The van der Waals surface area contributed by atoms with Crippen molar-refractivity contribution in [2.75, 3.05) is 6.61 Å². The predicted octanol–water partition coefficient (Wildman–Crippen LogP) is 4.70. The van der Waals surface area contributed by atoms with Crippen molar-refractivity contribution in [3.63, 3.8) is 0 Å². The lowest BCUT2D eigenvalue weighted by molar-refractivity contribution is 0.0691. The summed E-state index contributed by atoms with van der Waals surface area (Å²) in [6.07, 6.45) is 7.10. The second-order valence-corrected chi connectivity index (χ2v) is 7.48. The van der Waals surface area contributed by atoms with E-state index in [2.05, 4.69) is 24.0 Å². The van der Waals surface area contributed by atoms with E-state index in [-0.39, 0.29) is 5.69 Å². The van der Waals surface area contributed by atoms with Crippen LogP contribution < -0.4 is 4.74 Å². The van der Waals surface area contributed by atoms with Crippen LogP contribution in [0.3, 0.4) is 0 Å². The van der Waals surface area contributed by atoms with Gasteiger partial charge in [-0.2, -0.15) is 0 Å². The number of aryl methyl sites for hydroxylation is 1. The van der Waals surface area contributed by atoms with E-state index in [9.17, 15) is 4.79 Å². The highest BCUT2D eigenvalue weighted by Gasteiger charge is 2.16. The fourth-order valence-corrected chi connectivity index (χ4v) is 3.99. The second kappa shape index (κ2) is 7.79. The molecule has 1 aliphatic rings. The average Bonchev–Trinajstić information content (AvgIpc) is 3.04. The fraction of sp³-hybridized carbons (Fsp3) is 0.474. The van der Waals surface area contributed by atoms with Crippen molar-refractivity contribution in [1.29, 1.82) is 0 Å². The molecule has 0 amide bonds. The Kier molecular flexibility index (Phi) is 5.51. The molecule has 1 aromatic heterocycles. The lowest BCUT2D eigenvalue weighted by Gasteiger charge is -2.22. The third kappa shape index (κ3) is 4.35. The molecule has 1 N–H and O–H groups in total. The van der Waals surface area contributed by atoms with E-state index < -0.39 is 5.97 Å². The number of rotatable bonds is 6. The summed E-state index contributed by atoms with van der Waals surface area (Å²) in [4.78, 5) is 15.2. The molecule has 0 atom stereocenters. The molecule has 0 saturated heterocycles. The van der Waals surface area contributed by atoms with Gasteiger partial charge in [0.15, 0.2) is 5.69 Å². The number of aromatic carboxylic acids is 1. The van der Waals surface area contributed by atoms with Crippen LogP contribution in [0.2, 0.25) is 0 Å². The summed E-state index contributed by atoms with van der Waals surface area (Å²) in [5, 5.41) is 11.4. The van der Waals surface area contributed by atoms with Crippen LogP contribution in [0.25, 0.3) is 0 Å². The molecular formula is C19H23NO3S. The molecule has 2 aromatic rings. The highest BCUT2D eigenvalue weighted by Crippen LogP contribution is 2.28. The first-order valence-corrected chi connectivity index (χ1v) is 9.40. The van der Waals surface area contributed by atoms with Crippen molar-refractivity contribution in [3.8, 4) is 5.75 Å². The largest absolute Gasteiger partial charge is 0.493 e. The van der Waals surface area contributed by atoms with Crippen molar-refractivity contribution in [2.24, 2.45) is 5.92 Å². The van der Waals surface area contributed by atoms with Crippen molar-refractivity contribution >= 4 is 17.3 Å². The zero-order valence-corrected chi connectivity index (χ0v) is 14.8. The third-order valence-corrected chi connectivity index (χ3v) is 5.38. The molecule has 24 heavy (non-hydrogen) atoms. The first kappa shape index (κ1) is 17.0. The Balaban J connectivity index is 1.70. The summed E-state index contributed by atoms with van der Waals surface area (Å²) < 4.78 is 6.12. The van der Waals surface area contributed by atoms with Crippen LogP contribution >= 0.6 is 11.3 Å². The van der Waals surface area contributed by atoms with Gasteiger partial charge in [0.25, 0.3) is 0 Å². The fourth-order valence-electron chi connectivity index (χ4n) is 3.20. The zero-order chi connectivity index (χ0) is 16.9. The molecule has 3 rings (SSSR count). The molecular weight excluding hydrogens is 322 g/mol. The molecule has 0 radical (unpaired) electrons. The lowest BCUT2D eigenvalue weighted by atomic mass is 9.90. The molecule has 1 fully saturated rings. The Morgan fingerprint density at radius 1 is 1.33 bits per heavy atom. The van der Waals surface area contributed by atoms with E-state index in [4.69, 9.17) is 9.84 Å². The van der Waals surface area contributed by atoms with Crippen molar-refractivity contribution in [1.82, 2.24) is 4.98 Å². The summed E-state index contributed by atoms with van der Waals surface area (Å²) in [6.45, 7) is 2.83. The maximum absolute atomic E-state index is 11.0. The molecule has 1 aromatic carbocycles. The first-order chi connectivity index (χ1) is 11.6. The average molecular weight is 345 g/mol. The van der Waals surface area contributed by atoms with Crippen molar-refractivity contribution < 1.29 is 14.6 Å². The molecule has 0 aliphatic heterocycles. The van der Waals surface area contributed by atoms with E-state index in [0.717, 1.165) is 22.9 Å². The van der Waals surface area contributed by atoms with Gasteiger partial charge < -0.3 is 9.84 Å². The summed E-state index contributed by atoms with van der Waals surface area (Å²) in [7, 11) is 0. The lowest BCUT2D eigenvalue weighted by Crippen LogP contribution is -2.15. The van der Waals surface area contributed by atoms with Crippen molar-refractivity contribution in [2.45, 2.75) is 45.4 Å². The van der Waals surface area contributed by atoms with E-state index >= 15 is 0 Å². The van der Waals surface area contributed by atoms with Gasteiger partial charge in [0.1, 0.15) is 5.75 Å². The van der Waals surface area contributed by atoms with Crippen LogP contribution in [-0.2, 0) is 6.42 Å². The number of thiazole rings is 1. The van der Waals surface area contributed by atoms with E-state index in [0.29, 0.717) is 12.3 Å². The smallest absolute Gasteiger partial charge is 0.355 e. The zero-order valence-electron chi connectivity index (χ0n) is 14.0. The van der Waals surface area contributed by atoms with Crippen LogP contribution in [0.1, 0.15) is 58.7 Å². The van der Waals surface area contributed by atoms with Crippen LogP contribution in [-0.4, -0.2) is 22.7 Å². The molecule has 4 nitrogen and oxygen atoms in total. The van der Waals surface area contributed by atoms with Crippen molar-refractivity contribution in [3.05, 3.63) is 45.4 Å². The number of aromatic nitrogens is 1. The van der Waals surface area contributed by atoms with Gasteiger partial charge in [-0.05, 0) is 31.7 Å². The molecule has 0 spiro atoms. The Bertz CT molecular complexity index is 704. The third-order valence-electron chi connectivity index (χ3n) is 4.53. The van der Waals surface area contributed by atoms with Gasteiger partial charge in [0.2, 0.25) is 0 Å². The maximum atomic E-state index is 11.0. The monoisotopic (exact) mass is 345 g/mol. The van der Waals surface area contributed by atoms with Gasteiger partial charge in [0.05, 0.1) is 11.6 Å². The van der Waals surface area contributed by atoms with Crippen LogP contribution in [0.5, 0.6) is 5.75 Å². The molecule has 128 valence electrons. The predicted molar refractivity (Wildman–Crippen MR) is 95.1 cm³/mol. The highest BCUT2D eigenvalue weighted by molar-refractivity contribution is 7.09. The Morgan fingerprint density at radius 2 is 2.12 bits per heavy atom. The minimum absolute atomic E-state index is 0.118. The van der Waals surface area contributed by atoms with Gasteiger partial charge in [0, 0.05) is 17.4 Å². The minimum atomic E-state index is -0.976. The van der Waals surface area contributed by atoms with Gasteiger partial charge in [-0.25, -0.2) is 9.78 Å². The van der Waals surface area contributed by atoms with Gasteiger partial charge in [-0.3, -0.25) is 0 Å². The normalized spacial score (nSPS) is 15.4. The Labute approximate surface area is 146 Å². The topological polar surface area (TPSA) is 59.4 Å². The van der Waals surface area contributed by atoms with E-state index in [1.165, 1.54) is 49.0 Å². The number of hydrogen-bond donors (Lipinski definition) is 1. The molecule has 1 saturated carbocycles. The SMILES string of the molecule is Cc1ccc(OCC2CCCCC2)c(Cc2nc(C(=O)O)cs2)c1. The van der Waals surface area contributed by atoms with Crippen LogP contribution in [0, 0.1) is 12.8 Å². The second-order valence-electron chi connectivity index (χ2n) is 6.53. The minimum Gasteiger partial charge on any atom is -0.493 e. The summed E-state index contributed by atoms with van der Waals surface area (Å²) in [5.74, 6) is 0.583. The number of carbonyl (C=O) groups is 1. The van der Waals surface area contributed by atoms with Crippen LogP contribution in [0.4, 0.5) is 0 Å². The first-order valence-electron chi connectivity index (χ1n) is 8.52. The molecule has 5 heteroatoms. The maximum Gasteiger partial charge on any atom is 0.355 e. The van der Waals surface area contributed by atoms with E-state index in [1.807, 2.05) is 6.07 Å². The summed E-state index contributed by atoms with van der Waals surface area (Å²) in [6, 6.07) is 6.20. The molecule has 1 aliphatic carbocycles. The number of carboxylic acids is 1. The number of nitrogens with zero attached hydrogens (tertiary/aromatic N) is 1. The molecule has 0 unspecified atom stereocenters. The molecule has 0 bridgehead atoms. The van der Waals surface area contributed by atoms with Gasteiger partial charge in [-0.1, -0.05) is 37.0 Å². The van der Waals surface area contributed by atoms with Gasteiger partial charge >= 0.3 is 5.97 Å². The van der Waals surface area contributed by atoms with E-state index in [1.54, 1.807) is 5.38 Å². The van der Waals surface area contributed by atoms with Crippen LogP contribution in [0.15, 0.2) is 23.6 Å². The number of hydrogen-bond acceptors (Lipinski definition) is 4. The summed E-state index contributed by atoms with van der Waals surface area (Å²) >= 11 is 1.39. The Morgan fingerprint density at radius 3 is 2.83 bits per heavy atom.